The van der Waals surface area contributed by atoms with Crippen LogP contribution in [0.3, 0.4) is 0 Å². The molecule has 35 heavy (non-hydrogen) atoms. The van der Waals surface area contributed by atoms with Crippen LogP contribution in [0.5, 0.6) is 11.5 Å². The molecule has 3 heterocycles. The maximum atomic E-state index is 15.0. The van der Waals surface area contributed by atoms with Crippen molar-refractivity contribution in [1.29, 1.82) is 0 Å². The van der Waals surface area contributed by atoms with Crippen LogP contribution in [0.25, 0.3) is 16.7 Å². The number of piperazine rings is 1. The Kier molecular flexibility index (Phi) is 6.38. The van der Waals surface area contributed by atoms with Crippen molar-refractivity contribution in [3.8, 4) is 22.6 Å². The van der Waals surface area contributed by atoms with Crippen LogP contribution >= 0.6 is 0 Å². The van der Waals surface area contributed by atoms with E-state index in [0.717, 1.165) is 60.0 Å². The quantitative estimate of drug-likeness (QED) is 0.524. The summed E-state index contributed by atoms with van der Waals surface area (Å²) in [6, 6.07) is 7.33. The van der Waals surface area contributed by atoms with Gasteiger partial charge in [-0.1, -0.05) is 6.08 Å². The molecule has 2 aliphatic rings. The van der Waals surface area contributed by atoms with E-state index in [1.165, 1.54) is 20.3 Å². The second kappa shape index (κ2) is 9.62. The van der Waals surface area contributed by atoms with Gasteiger partial charge in [0.15, 0.2) is 23.1 Å². The third-order valence-corrected chi connectivity index (χ3v) is 6.80. The molecule has 0 atom stereocenters. The monoisotopic (exact) mass is 478 g/mol. The predicted molar refractivity (Wildman–Crippen MR) is 132 cm³/mol. The smallest absolute Gasteiger partial charge is 0.171 e. The molecule has 0 N–H and O–H groups in total. The number of hydrogen-bond acceptors (Lipinski definition) is 6. The first-order chi connectivity index (χ1) is 17.0. The number of hydrogen-bond donors (Lipinski definition) is 0. The zero-order chi connectivity index (χ0) is 24.5. The van der Waals surface area contributed by atoms with Gasteiger partial charge in [-0.2, -0.15) is 0 Å². The lowest BCUT2D eigenvalue weighted by atomic mass is 9.97. The predicted octanol–water partition coefficient (Wildman–Crippen LogP) is 4.37. The highest BCUT2D eigenvalue weighted by molar-refractivity contribution is 5.78. The molecule has 0 spiro atoms. The number of pyridine rings is 2. The number of likely N-dealkylation sites (N-methyl/N-ethyl adjacent to an activating group) is 1. The number of halogens is 2. The van der Waals surface area contributed by atoms with Gasteiger partial charge in [0.05, 0.1) is 19.9 Å². The first kappa shape index (κ1) is 23.2. The summed E-state index contributed by atoms with van der Waals surface area (Å²) in [6.45, 7) is 3.87. The van der Waals surface area contributed by atoms with Crippen LogP contribution in [0.15, 0.2) is 42.7 Å². The van der Waals surface area contributed by atoms with Crippen LogP contribution in [0.2, 0.25) is 0 Å². The Labute approximate surface area is 203 Å². The summed E-state index contributed by atoms with van der Waals surface area (Å²) in [5.41, 5.74) is 4.51. The molecular formula is C27H28F2N4O2. The van der Waals surface area contributed by atoms with Crippen molar-refractivity contribution in [3.63, 3.8) is 0 Å². The maximum Gasteiger partial charge on any atom is 0.171 e. The molecule has 182 valence electrons. The number of anilines is 1. The Hall–Kier alpha value is -3.52. The number of fused-ring (bicyclic) bond motifs is 1. The van der Waals surface area contributed by atoms with Crippen molar-refractivity contribution in [2.24, 2.45) is 0 Å². The van der Waals surface area contributed by atoms with Crippen LogP contribution in [-0.4, -0.2) is 62.3 Å². The molecule has 1 fully saturated rings. The van der Waals surface area contributed by atoms with Gasteiger partial charge < -0.3 is 19.3 Å². The van der Waals surface area contributed by atoms with Crippen molar-refractivity contribution in [2.75, 3.05) is 52.3 Å². The Balaban J connectivity index is 1.45. The molecule has 2 aromatic heterocycles. The fourth-order valence-corrected chi connectivity index (χ4v) is 4.68. The van der Waals surface area contributed by atoms with Gasteiger partial charge in [-0.15, -0.1) is 0 Å². The first-order valence-corrected chi connectivity index (χ1v) is 11.7. The van der Waals surface area contributed by atoms with Crippen molar-refractivity contribution in [2.45, 2.75) is 12.8 Å². The zero-order valence-electron chi connectivity index (χ0n) is 20.1. The van der Waals surface area contributed by atoms with Crippen molar-refractivity contribution >= 4 is 11.4 Å². The fraction of sp³-hybridized carbons (Fsp3) is 0.333. The Morgan fingerprint density at radius 3 is 2.31 bits per heavy atom. The average Bonchev–Trinajstić information content (AvgIpc) is 3.29. The first-order valence-electron chi connectivity index (χ1n) is 11.7. The van der Waals surface area contributed by atoms with Crippen molar-refractivity contribution < 1.29 is 18.3 Å². The van der Waals surface area contributed by atoms with Gasteiger partial charge in [0, 0.05) is 74.2 Å². The summed E-state index contributed by atoms with van der Waals surface area (Å²) in [7, 11) is 4.83. The van der Waals surface area contributed by atoms with Crippen molar-refractivity contribution in [1.82, 2.24) is 14.9 Å². The molecule has 6 nitrogen and oxygen atoms in total. The zero-order valence-corrected chi connectivity index (χ0v) is 20.1. The lowest BCUT2D eigenvalue weighted by Crippen LogP contribution is -2.44. The van der Waals surface area contributed by atoms with E-state index >= 15 is 0 Å². The summed E-state index contributed by atoms with van der Waals surface area (Å²) in [4.78, 5) is 13.8. The summed E-state index contributed by atoms with van der Waals surface area (Å²) in [5, 5.41) is 0. The largest absolute Gasteiger partial charge is 0.494 e. The normalized spacial score (nSPS) is 15.7. The number of rotatable bonds is 6. The summed E-state index contributed by atoms with van der Waals surface area (Å²) in [6.07, 6.45) is 6.35. The summed E-state index contributed by atoms with van der Waals surface area (Å²) in [5.74, 6) is -0.570. The third kappa shape index (κ3) is 4.46. The van der Waals surface area contributed by atoms with E-state index in [4.69, 9.17) is 9.47 Å². The minimum absolute atomic E-state index is 0.0443. The van der Waals surface area contributed by atoms with Gasteiger partial charge in [0.1, 0.15) is 5.82 Å². The van der Waals surface area contributed by atoms with E-state index in [-0.39, 0.29) is 23.5 Å². The van der Waals surface area contributed by atoms with Gasteiger partial charge in [0.25, 0.3) is 0 Å². The van der Waals surface area contributed by atoms with E-state index in [9.17, 15) is 8.78 Å². The van der Waals surface area contributed by atoms with E-state index in [2.05, 4.69) is 38.9 Å². The van der Waals surface area contributed by atoms with Gasteiger partial charge >= 0.3 is 0 Å². The highest BCUT2D eigenvalue weighted by Gasteiger charge is 2.24. The van der Waals surface area contributed by atoms with Crippen LogP contribution in [0.4, 0.5) is 14.6 Å². The van der Waals surface area contributed by atoms with Gasteiger partial charge in [-0.05, 0) is 36.4 Å². The Morgan fingerprint density at radius 2 is 1.63 bits per heavy atom. The molecule has 0 saturated carbocycles. The number of ether oxygens (including phenoxy) is 2. The number of methoxy groups -OCH3 is 2. The maximum absolute atomic E-state index is 15.0. The van der Waals surface area contributed by atoms with Crippen LogP contribution < -0.4 is 14.4 Å². The number of aromatic nitrogens is 2. The molecule has 8 heteroatoms. The minimum Gasteiger partial charge on any atom is -0.494 e. The second-order valence-corrected chi connectivity index (χ2v) is 8.91. The molecule has 0 bridgehead atoms. The second-order valence-electron chi connectivity index (χ2n) is 8.91. The van der Waals surface area contributed by atoms with Gasteiger partial charge in [0.2, 0.25) is 0 Å². The highest BCUT2D eigenvalue weighted by Crippen LogP contribution is 2.37. The molecule has 1 aliphatic carbocycles. The summed E-state index contributed by atoms with van der Waals surface area (Å²) >= 11 is 0. The van der Waals surface area contributed by atoms with Crippen molar-refractivity contribution in [3.05, 3.63) is 71.2 Å². The number of nitrogens with zero attached hydrogens (tertiary/aromatic N) is 4. The van der Waals surface area contributed by atoms with E-state index in [0.29, 0.717) is 6.42 Å². The SMILES string of the molecule is COc1cc(OC)c(F)c(CC2=CCc3ncc(-c4ccnc(N5CCN(C)CC5)c4)cc32)c1F. The molecular weight excluding hydrogens is 450 g/mol. The van der Waals surface area contributed by atoms with Gasteiger partial charge in [-0.3, -0.25) is 4.98 Å². The minimum atomic E-state index is -0.713. The molecule has 0 radical (unpaired) electrons. The molecule has 1 aromatic carbocycles. The van der Waals surface area contributed by atoms with Crippen LogP contribution in [0, 0.1) is 11.6 Å². The topological polar surface area (TPSA) is 50.7 Å². The molecule has 5 rings (SSSR count). The molecule has 3 aromatic rings. The fourth-order valence-electron chi connectivity index (χ4n) is 4.68. The Morgan fingerprint density at radius 1 is 0.914 bits per heavy atom. The highest BCUT2D eigenvalue weighted by atomic mass is 19.1. The summed E-state index contributed by atoms with van der Waals surface area (Å²) < 4.78 is 40.2. The average molecular weight is 479 g/mol. The Bertz CT molecular complexity index is 1260. The van der Waals surface area contributed by atoms with E-state index in [1.54, 1.807) is 0 Å². The van der Waals surface area contributed by atoms with E-state index in [1.807, 2.05) is 24.5 Å². The molecule has 0 amide bonds. The number of allylic oxidation sites excluding steroid dienone is 2. The molecule has 1 aliphatic heterocycles. The van der Waals surface area contributed by atoms with Gasteiger partial charge in [-0.25, -0.2) is 13.8 Å². The van der Waals surface area contributed by atoms with Crippen LogP contribution in [-0.2, 0) is 12.8 Å². The lowest BCUT2D eigenvalue weighted by Gasteiger charge is -2.33. The molecule has 0 unspecified atom stereocenters. The number of benzene rings is 1. The lowest BCUT2D eigenvalue weighted by molar-refractivity contribution is 0.312. The van der Waals surface area contributed by atoms with Crippen LogP contribution in [0.1, 0.15) is 16.8 Å². The molecule has 1 saturated heterocycles. The van der Waals surface area contributed by atoms with E-state index < -0.39 is 11.6 Å². The standard InChI is InChI=1S/C27H28F2N4O2/c1-32-8-10-33(11-9-32)25-14-17(6-7-30-25)19-13-20-18(4-5-22(20)31-16-19)12-21-26(28)23(34-2)15-24(35-3)27(21)29/h4,6-7,13-16H,5,8-12H2,1-3H3. The third-order valence-electron chi connectivity index (χ3n) is 6.80.